The first-order chi connectivity index (χ1) is 8.78. The van der Waals surface area contributed by atoms with Gasteiger partial charge >= 0.3 is 0 Å². The van der Waals surface area contributed by atoms with E-state index in [4.69, 9.17) is 0 Å². The van der Waals surface area contributed by atoms with Crippen molar-refractivity contribution in [1.82, 2.24) is 9.78 Å². The molecule has 1 heterocycles. The van der Waals surface area contributed by atoms with Gasteiger partial charge in [-0.15, -0.1) is 0 Å². The molecule has 0 bridgehead atoms. The Labute approximate surface area is 124 Å². The van der Waals surface area contributed by atoms with Crippen LogP contribution in [-0.4, -0.2) is 9.78 Å². The lowest BCUT2D eigenvalue weighted by molar-refractivity contribution is 0.645. The van der Waals surface area contributed by atoms with Gasteiger partial charge in [0.25, 0.3) is 0 Å². The van der Waals surface area contributed by atoms with Crippen molar-refractivity contribution in [3.63, 3.8) is 0 Å². The lowest BCUT2D eigenvalue weighted by Gasteiger charge is -2.08. The molecule has 1 aromatic carbocycles. The minimum absolute atomic E-state index is 0.729. The van der Waals surface area contributed by atoms with Gasteiger partial charge in [-0.25, -0.2) is 0 Å². The van der Waals surface area contributed by atoms with Crippen molar-refractivity contribution < 1.29 is 0 Å². The van der Waals surface area contributed by atoms with Crippen LogP contribution in [-0.2, 0) is 11.9 Å². The maximum absolute atomic E-state index is 4.54. The molecule has 3 rings (SSSR count). The van der Waals surface area contributed by atoms with E-state index in [1.165, 1.54) is 29.7 Å². The van der Waals surface area contributed by atoms with E-state index >= 15 is 0 Å². The molecule has 0 spiro atoms. The van der Waals surface area contributed by atoms with E-state index in [1.54, 1.807) is 0 Å². The number of halogens is 2. The summed E-state index contributed by atoms with van der Waals surface area (Å²) in [7, 11) is 0. The van der Waals surface area contributed by atoms with Gasteiger partial charge in [-0.2, -0.15) is 5.10 Å². The first-order valence-corrected chi connectivity index (χ1v) is 8.04. The molecular formula is C14H14Br2N2. The summed E-state index contributed by atoms with van der Waals surface area (Å²) in [6.07, 6.45) is 4.62. The predicted molar refractivity (Wildman–Crippen MR) is 80.1 cm³/mol. The van der Waals surface area contributed by atoms with Crippen LogP contribution in [0, 0.1) is 0 Å². The van der Waals surface area contributed by atoms with Crippen LogP contribution in [0.5, 0.6) is 0 Å². The number of alkyl halides is 1. The van der Waals surface area contributed by atoms with E-state index in [9.17, 15) is 0 Å². The molecule has 4 heteroatoms. The third-order valence-corrected chi connectivity index (χ3v) is 4.39. The van der Waals surface area contributed by atoms with E-state index in [0.29, 0.717) is 0 Å². The van der Waals surface area contributed by atoms with Crippen LogP contribution in [0.3, 0.4) is 0 Å². The summed E-state index contributed by atoms with van der Waals surface area (Å²) in [5.41, 5.74) is 4.05. The molecule has 2 nitrogen and oxygen atoms in total. The van der Waals surface area contributed by atoms with Crippen LogP contribution in [0.1, 0.15) is 35.6 Å². The minimum Gasteiger partial charge on any atom is -0.265 e. The highest BCUT2D eigenvalue weighted by atomic mass is 79.9. The van der Waals surface area contributed by atoms with Crippen molar-refractivity contribution in [2.45, 2.75) is 30.6 Å². The summed E-state index contributed by atoms with van der Waals surface area (Å²) in [5.74, 6) is 0.729. The second-order valence-electron chi connectivity index (χ2n) is 4.75. The van der Waals surface area contributed by atoms with Gasteiger partial charge < -0.3 is 0 Å². The smallest absolute Gasteiger partial charge is 0.0663 e. The Balaban J connectivity index is 1.90. The summed E-state index contributed by atoms with van der Waals surface area (Å²) >= 11 is 7.07. The summed E-state index contributed by atoms with van der Waals surface area (Å²) in [6.45, 7) is 0.859. The number of nitrogens with zero attached hydrogens (tertiary/aromatic N) is 2. The van der Waals surface area contributed by atoms with Gasteiger partial charge in [-0.05, 0) is 30.5 Å². The molecule has 0 N–H and O–H groups in total. The highest BCUT2D eigenvalue weighted by Crippen LogP contribution is 2.42. The normalized spacial score (nSPS) is 15.0. The fraction of sp³-hybridized carbons (Fsp3) is 0.357. The van der Waals surface area contributed by atoms with Crippen LogP contribution in [0.2, 0.25) is 0 Å². The van der Waals surface area contributed by atoms with E-state index in [0.717, 1.165) is 22.3 Å². The van der Waals surface area contributed by atoms with Crippen LogP contribution in [0.4, 0.5) is 0 Å². The summed E-state index contributed by atoms with van der Waals surface area (Å²) < 4.78 is 3.29. The first kappa shape index (κ1) is 12.4. The maximum Gasteiger partial charge on any atom is 0.0663 e. The molecule has 1 aliphatic carbocycles. The molecule has 94 valence electrons. The summed E-state index contributed by atoms with van der Waals surface area (Å²) in [5, 5.41) is 5.44. The largest absolute Gasteiger partial charge is 0.265 e. The fourth-order valence-corrected chi connectivity index (χ4v) is 3.18. The number of benzene rings is 1. The Hall–Kier alpha value is -0.610. The molecule has 1 fully saturated rings. The number of rotatable bonds is 4. The van der Waals surface area contributed by atoms with Crippen LogP contribution in [0.15, 0.2) is 34.9 Å². The zero-order valence-corrected chi connectivity index (χ0v) is 13.1. The molecule has 0 aliphatic heterocycles. The Morgan fingerprint density at radius 2 is 2.17 bits per heavy atom. The van der Waals surface area contributed by atoms with Crippen molar-refractivity contribution in [2.24, 2.45) is 0 Å². The average molecular weight is 370 g/mol. The fourth-order valence-electron chi connectivity index (χ4n) is 2.30. The van der Waals surface area contributed by atoms with E-state index in [2.05, 4.69) is 65.9 Å². The Kier molecular flexibility index (Phi) is 3.57. The van der Waals surface area contributed by atoms with E-state index in [-0.39, 0.29) is 0 Å². The highest BCUT2D eigenvalue weighted by molar-refractivity contribution is 9.10. The van der Waals surface area contributed by atoms with E-state index in [1.807, 2.05) is 6.20 Å². The predicted octanol–water partition coefficient (Wildman–Crippen LogP) is 4.47. The lowest BCUT2D eigenvalue weighted by atomic mass is 10.2. The van der Waals surface area contributed by atoms with Gasteiger partial charge in [0.2, 0.25) is 0 Å². The summed E-state index contributed by atoms with van der Waals surface area (Å²) in [6, 6.07) is 8.44. The quantitative estimate of drug-likeness (QED) is 0.727. The molecule has 2 aromatic rings. The Morgan fingerprint density at radius 3 is 2.83 bits per heavy atom. The van der Waals surface area contributed by atoms with Gasteiger partial charge in [0.05, 0.1) is 12.7 Å². The Bertz CT molecular complexity index is 559. The van der Waals surface area contributed by atoms with E-state index < -0.39 is 0 Å². The van der Waals surface area contributed by atoms with Crippen molar-refractivity contribution >= 4 is 31.9 Å². The second kappa shape index (κ2) is 5.17. The van der Waals surface area contributed by atoms with Crippen LogP contribution in [0.25, 0.3) is 0 Å². The minimum atomic E-state index is 0.729. The molecule has 1 aliphatic rings. The topological polar surface area (TPSA) is 17.8 Å². The van der Waals surface area contributed by atoms with Gasteiger partial charge in [0.1, 0.15) is 0 Å². The van der Waals surface area contributed by atoms with Crippen LogP contribution >= 0.6 is 31.9 Å². The third-order valence-electron chi connectivity index (χ3n) is 3.29. The van der Waals surface area contributed by atoms with Crippen LogP contribution < -0.4 is 0 Å². The lowest BCUT2D eigenvalue weighted by Crippen LogP contribution is -2.06. The molecule has 0 amide bonds. The monoisotopic (exact) mass is 368 g/mol. The molecule has 0 atom stereocenters. The number of hydrogen-bond acceptors (Lipinski definition) is 1. The zero-order valence-electron chi connectivity index (χ0n) is 9.94. The summed E-state index contributed by atoms with van der Waals surface area (Å²) in [4.78, 5) is 0. The maximum atomic E-state index is 4.54. The third kappa shape index (κ3) is 2.54. The molecule has 18 heavy (non-hydrogen) atoms. The second-order valence-corrected chi connectivity index (χ2v) is 6.23. The van der Waals surface area contributed by atoms with Gasteiger partial charge in [-0.1, -0.05) is 44.0 Å². The standard InChI is InChI=1S/C14H14Br2N2/c15-7-12-8-17-18(14(12)11-4-5-11)9-10-2-1-3-13(16)6-10/h1-3,6,8,11H,4-5,7,9H2. The molecular weight excluding hydrogens is 356 g/mol. The highest BCUT2D eigenvalue weighted by Gasteiger charge is 2.29. The number of aromatic nitrogens is 2. The van der Waals surface area contributed by atoms with Crippen molar-refractivity contribution in [2.75, 3.05) is 0 Å². The average Bonchev–Trinajstić information content (AvgIpc) is 3.11. The van der Waals surface area contributed by atoms with Crippen molar-refractivity contribution in [1.29, 1.82) is 0 Å². The Morgan fingerprint density at radius 1 is 1.33 bits per heavy atom. The molecule has 0 unspecified atom stereocenters. The molecule has 0 saturated heterocycles. The molecule has 1 aromatic heterocycles. The van der Waals surface area contributed by atoms with Gasteiger partial charge in [0.15, 0.2) is 0 Å². The molecule has 1 saturated carbocycles. The zero-order chi connectivity index (χ0) is 12.5. The van der Waals surface area contributed by atoms with Crippen molar-refractivity contribution in [3.05, 3.63) is 51.8 Å². The SMILES string of the molecule is BrCc1cnn(Cc2cccc(Br)c2)c1C1CC1. The molecule has 0 radical (unpaired) electrons. The number of hydrogen-bond donors (Lipinski definition) is 0. The first-order valence-electron chi connectivity index (χ1n) is 6.13. The van der Waals surface area contributed by atoms with Gasteiger partial charge in [0, 0.05) is 27.0 Å². The van der Waals surface area contributed by atoms with Gasteiger partial charge in [-0.3, -0.25) is 4.68 Å². The van der Waals surface area contributed by atoms with Crippen molar-refractivity contribution in [3.8, 4) is 0 Å².